The minimum atomic E-state index is -0.0141. The van der Waals surface area contributed by atoms with Crippen molar-refractivity contribution in [3.8, 4) is 5.75 Å². The average molecular weight is 414 g/mol. The van der Waals surface area contributed by atoms with Gasteiger partial charge in [-0.15, -0.1) is 0 Å². The van der Waals surface area contributed by atoms with Crippen LogP contribution in [-0.4, -0.2) is 74.6 Å². The number of likely N-dealkylation sites (N-methyl/N-ethyl adjacent to an activating group) is 1. The molecule has 0 radical (unpaired) electrons. The predicted octanol–water partition coefficient (Wildman–Crippen LogP) is 2.17. The summed E-state index contributed by atoms with van der Waals surface area (Å²) in [6.07, 6.45) is 2.94. The van der Waals surface area contributed by atoms with Crippen LogP contribution in [0.3, 0.4) is 0 Å². The molecule has 2 aliphatic heterocycles. The molecule has 0 saturated carbocycles. The normalized spacial score (nSPS) is 20.1. The SMILES string of the molecule is C=C(C)CN1CCC(NC(=NCC(=O)N(C)C)NC2CCOc3ccccc32)CC1. The van der Waals surface area contributed by atoms with Crippen LogP contribution in [0.5, 0.6) is 5.75 Å². The number of rotatable bonds is 6. The molecular weight excluding hydrogens is 378 g/mol. The lowest BCUT2D eigenvalue weighted by Crippen LogP contribution is -2.50. The van der Waals surface area contributed by atoms with E-state index in [0.717, 1.165) is 50.2 Å². The summed E-state index contributed by atoms with van der Waals surface area (Å²) in [5, 5.41) is 7.14. The number of ether oxygens (including phenoxy) is 1. The van der Waals surface area contributed by atoms with Gasteiger partial charge in [-0.2, -0.15) is 0 Å². The highest BCUT2D eigenvalue weighted by molar-refractivity contribution is 5.85. The van der Waals surface area contributed by atoms with Gasteiger partial charge in [-0.3, -0.25) is 9.69 Å². The molecule has 164 valence electrons. The summed E-state index contributed by atoms with van der Waals surface area (Å²) in [7, 11) is 3.51. The minimum absolute atomic E-state index is 0.0141. The largest absolute Gasteiger partial charge is 0.493 e. The van der Waals surface area contributed by atoms with Crippen molar-refractivity contribution in [3.05, 3.63) is 42.0 Å². The predicted molar refractivity (Wildman–Crippen MR) is 121 cm³/mol. The van der Waals surface area contributed by atoms with Crippen molar-refractivity contribution in [2.24, 2.45) is 4.99 Å². The maximum absolute atomic E-state index is 12.1. The lowest BCUT2D eigenvalue weighted by Gasteiger charge is -2.34. The number of carbonyl (C=O) groups excluding carboxylic acids is 1. The Kier molecular flexibility index (Phi) is 7.74. The highest BCUT2D eigenvalue weighted by atomic mass is 16.5. The fraction of sp³-hybridized carbons (Fsp3) is 0.565. The summed E-state index contributed by atoms with van der Waals surface area (Å²) in [5.74, 6) is 1.60. The number of aliphatic imine (C=N–C) groups is 1. The molecule has 1 unspecified atom stereocenters. The van der Waals surface area contributed by atoms with Crippen LogP contribution in [0.1, 0.15) is 37.8 Å². The summed E-state index contributed by atoms with van der Waals surface area (Å²) in [5.41, 5.74) is 2.33. The number of guanidine groups is 1. The Labute approximate surface area is 180 Å². The maximum atomic E-state index is 12.1. The van der Waals surface area contributed by atoms with E-state index in [1.807, 2.05) is 18.2 Å². The first-order valence-electron chi connectivity index (χ1n) is 10.8. The van der Waals surface area contributed by atoms with Crippen molar-refractivity contribution in [3.63, 3.8) is 0 Å². The number of fused-ring (bicyclic) bond motifs is 1. The van der Waals surface area contributed by atoms with E-state index < -0.39 is 0 Å². The molecule has 7 heteroatoms. The van der Waals surface area contributed by atoms with Gasteiger partial charge in [-0.25, -0.2) is 4.99 Å². The van der Waals surface area contributed by atoms with Crippen LogP contribution in [0.2, 0.25) is 0 Å². The van der Waals surface area contributed by atoms with Gasteiger partial charge >= 0.3 is 0 Å². The molecule has 2 aliphatic rings. The molecule has 1 aromatic rings. The van der Waals surface area contributed by atoms with E-state index in [2.05, 4.69) is 40.1 Å². The molecule has 0 aromatic heterocycles. The van der Waals surface area contributed by atoms with E-state index in [1.54, 1.807) is 19.0 Å². The molecular formula is C23H35N5O2. The molecule has 1 saturated heterocycles. The summed E-state index contributed by atoms with van der Waals surface area (Å²) < 4.78 is 5.78. The number of para-hydroxylation sites is 1. The molecule has 1 amide bonds. The van der Waals surface area contributed by atoms with Gasteiger partial charge in [-0.05, 0) is 25.8 Å². The van der Waals surface area contributed by atoms with E-state index in [4.69, 9.17) is 4.74 Å². The van der Waals surface area contributed by atoms with Gasteiger partial charge in [0.1, 0.15) is 12.3 Å². The number of nitrogens with one attached hydrogen (secondary N) is 2. The first-order valence-corrected chi connectivity index (χ1v) is 10.8. The van der Waals surface area contributed by atoms with Crippen LogP contribution < -0.4 is 15.4 Å². The number of hydrogen-bond donors (Lipinski definition) is 2. The number of nitrogens with zero attached hydrogens (tertiary/aromatic N) is 3. The van der Waals surface area contributed by atoms with Gasteiger partial charge < -0.3 is 20.3 Å². The maximum Gasteiger partial charge on any atom is 0.243 e. The second kappa shape index (κ2) is 10.5. The van der Waals surface area contributed by atoms with E-state index in [-0.39, 0.29) is 18.5 Å². The Morgan fingerprint density at radius 2 is 1.97 bits per heavy atom. The molecule has 2 N–H and O–H groups in total. The number of piperidine rings is 1. The highest BCUT2D eigenvalue weighted by Crippen LogP contribution is 2.31. The van der Waals surface area contributed by atoms with Crippen LogP contribution in [0.25, 0.3) is 0 Å². The van der Waals surface area contributed by atoms with Crippen LogP contribution in [0.4, 0.5) is 0 Å². The van der Waals surface area contributed by atoms with E-state index >= 15 is 0 Å². The van der Waals surface area contributed by atoms with Gasteiger partial charge in [0.25, 0.3) is 0 Å². The highest BCUT2D eigenvalue weighted by Gasteiger charge is 2.24. The summed E-state index contributed by atoms with van der Waals surface area (Å²) in [6, 6.07) is 8.55. The van der Waals surface area contributed by atoms with Crippen molar-refractivity contribution in [1.82, 2.24) is 20.4 Å². The Hall–Kier alpha value is -2.54. The van der Waals surface area contributed by atoms with Gasteiger partial charge in [0, 0.05) is 51.8 Å². The first kappa shape index (κ1) is 22.2. The molecule has 0 spiro atoms. The number of benzene rings is 1. The Balaban J connectivity index is 1.67. The smallest absolute Gasteiger partial charge is 0.243 e. The van der Waals surface area contributed by atoms with E-state index in [1.165, 1.54) is 5.57 Å². The molecule has 0 bridgehead atoms. The zero-order valence-corrected chi connectivity index (χ0v) is 18.5. The summed E-state index contributed by atoms with van der Waals surface area (Å²) >= 11 is 0. The fourth-order valence-electron chi connectivity index (χ4n) is 3.89. The van der Waals surface area contributed by atoms with E-state index in [9.17, 15) is 4.79 Å². The van der Waals surface area contributed by atoms with Crippen molar-refractivity contribution < 1.29 is 9.53 Å². The van der Waals surface area contributed by atoms with Crippen molar-refractivity contribution >= 4 is 11.9 Å². The Morgan fingerprint density at radius 1 is 1.23 bits per heavy atom. The standard InChI is InChI=1S/C23H35N5O2/c1-17(2)16-28-12-9-18(10-13-28)25-23(24-15-22(29)27(3)4)26-20-11-14-30-21-8-6-5-7-19(20)21/h5-8,18,20H,1,9-16H2,2-4H3,(H2,24,25,26). The van der Waals surface area contributed by atoms with Gasteiger partial charge in [0.2, 0.25) is 5.91 Å². The molecule has 1 aromatic carbocycles. The van der Waals surface area contributed by atoms with Crippen LogP contribution in [0, 0.1) is 0 Å². The fourth-order valence-corrected chi connectivity index (χ4v) is 3.89. The number of hydrogen-bond acceptors (Lipinski definition) is 4. The van der Waals surface area contributed by atoms with Crippen molar-refractivity contribution in [1.29, 1.82) is 0 Å². The first-order chi connectivity index (χ1) is 14.4. The third-order valence-corrected chi connectivity index (χ3v) is 5.56. The molecule has 0 aliphatic carbocycles. The summed E-state index contributed by atoms with van der Waals surface area (Å²) in [4.78, 5) is 20.7. The zero-order chi connectivity index (χ0) is 21.5. The molecule has 1 fully saturated rings. The average Bonchev–Trinajstić information content (AvgIpc) is 2.73. The number of likely N-dealkylation sites (tertiary alicyclic amines) is 1. The lowest BCUT2D eigenvalue weighted by atomic mass is 10.0. The van der Waals surface area contributed by atoms with Crippen LogP contribution >= 0.6 is 0 Å². The van der Waals surface area contributed by atoms with Gasteiger partial charge in [0.05, 0.1) is 12.6 Å². The third kappa shape index (κ3) is 6.23. The molecule has 3 rings (SSSR count). The second-order valence-corrected chi connectivity index (χ2v) is 8.48. The molecule has 1 atom stereocenters. The van der Waals surface area contributed by atoms with Crippen molar-refractivity contribution in [2.75, 3.05) is 46.9 Å². The minimum Gasteiger partial charge on any atom is -0.493 e. The quantitative estimate of drug-likeness (QED) is 0.425. The number of amides is 1. The van der Waals surface area contributed by atoms with Crippen LogP contribution in [0.15, 0.2) is 41.4 Å². The Bertz CT molecular complexity index is 769. The summed E-state index contributed by atoms with van der Waals surface area (Å²) in [6.45, 7) is 9.92. The van der Waals surface area contributed by atoms with Gasteiger partial charge in [0.15, 0.2) is 5.96 Å². The Morgan fingerprint density at radius 3 is 2.67 bits per heavy atom. The van der Waals surface area contributed by atoms with Crippen LogP contribution in [-0.2, 0) is 4.79 Å². The zero-order valence-electron chi connectivity index (χ0n) is 18.5. The molecule has 30 heavy (non-hydrogen) atoms. The lowest BCUT2D eigenvalue weighted by molar-refractivity contribution is -0.127. The molecule has 2 heterocycles. The van der Waals surface area contributed by atoms with Gasteiger partial charge in [-0.1, -0.05) is 30.4 Å². The monoisotopic (exact) mass is 413 g/mol. The second-order valence-electron chi connectivity index (χ2n) is 8.48. The third-order valence-electron chi connectivity index (χ3n) is 5.56. The van der Waals surface area contributed by atoms with E-state index in [0.29, 0.717) is 18.6 Å². The molecule has 7 nitrogen and oxygen atoms in total. The van der Waals surface area contributed by atoms with Crippen molar-refractivity contribution in [2.45, 2.75) is 38.3 Å². The topological polar surface area (TPSA) is 69.2 Å². The number of carbonyl (C=O) groups is 1.